The molecule has 1 atom stereocenters. The van der Waals surface area contributed by atoms with Gasteiger partial charge in [0.15, 0.2) is 0 Å². The first-order chi connectivity index (χ1) is 8.43. The van der Waals surface area contributed by atoms with Gasteiger partial charge in [-0.2, -0.15) is 0 Å². The Morgan fingerprint density at radius 1 is 1.61 bits per heavy atom. The molecule has 5 heteroatoms. The van der Waals surface area contributed by atoms with E-state index in [1.165, 1.54) is 5.56 Å². The van der Waals surface area contributed by atoms with Gasteiger partial charge >= 0.3 is 0 Å². The average Bonchev–Trinajstić information content (AvgIpc) is 2.30. The normalized spacial score (nSPS) is 23.2. The van der Waals surface area contributed by atoms with E-state index in [0.717, 1.165) is 23.4 Å². The van der Waals surface area contributed by atoms with Crippen LogP contribution in [0.1, 0.15) is 19.4 Å². The summed E-state index contributed by atoms with van der Waals surface area (Å²) in [6.07, 6.45) is 1.89. The van der Waals surface area contributed by atoms with Crippen LogP contribution < -0.4 is 4.90 Å². The lowest BCUT2D eigenvalue weighted by molar-refractivity contribution is -0.0736. The first-order valence-electron chi connectivity index (χ1n) is 6.03. The molecular weight excluding hydrogens is 316 g/mol. The van der Waals surface area contributed by atoms with Crippen molar-refractivity contribution in [1.82, 2.24) is 4.98 Å². The summed E-state index contributed by atoms with van der Waals surface area (Å²) in [5.74, 6) is 1.48. The third kappa shape index (κ3) is 2.98. The first-order valence-corrected chi connectivity index (χ1v) is 7.35. The predicted octanol–water partition coefficient (Wildman–Crippen LogP) is 3.38. The van der Waals surface area contributed by atoms with Gasteiger partial charge < -0.3 is 9.64 Å². The van der Waals surface area contributed by atoms with E-state index in [9.17, 15) is 0 Å². The van der Waals surface area contributed by atoms with Gasteiger partial charge in [0, 0.05) is 19.3 Å². The molecule has 1 aliphatic heterocycles. The monoisotopic (exact) mass is 332 g/mol. The standard InChI is InChI=1S/C13H18BrClN2O/c1-9-4-5-16-12(11(9)14)17-7-10(6-15)18-13(2,3)8-17/h4-5,10H,6-8H2,1-3H3. The fraction of sp³-hybridized carbons (Fsp3) is 0.615. The van der Waals surface area contributed by atoms with Gasteiger partial charge in [0.1, 0.15) is 5.82 Å². The number of halogens is 2. The van der Waals surface area contributed by atoms with Crippen LogP contribution in [0.2, 0.25) is 0 Å². The number of morpholine rings is 1. The lowest BCUT2D eigenvalue weighted by atomic mass is 10.1. The van der Waals surface area contributed by atoms with Crippen molar-refractivity contribution in [3.05, 3.63) is 22.3 Å². The van der Waals surface area contributed by atoms with E-state index < -0.39 is 0 Å². The minimum Gasteiger partial charge on any atom is -0.367 e. The van der Waals surface area contributed by atoms with Crippen LogP contribution in [0.4, 0.5) is 5.82 Å². The van der Waals surface area contributed by atoms with Crippen LogP contribution >= 0.6 is 27.5 Å². The summed E-state index contributed by atoms with van der Waals surface area (Å²) in [5.41, 5.74) is 0.981. The summed E-state index contributed by atoms with van der Waals surface area (Å²) < 4.78 is 6.98. The summed E-state index contributed by atoms with van der Waals surface area (Å²) >= 11 is 9.56. The second kappa shape index (κ2) is 5.35. The first kappa shape index (κ1) is 14.1. The maximum absolute atomic E-state index is 5.95. The molecule has 0 bridgehead atoms. The lowest BCUT2D eigenvalue weighted by Gasteiger charge is -2.43. The van der Waals surface area contributed by atoms with E-state index in [1.54, 1.807) is 0 Å². The fourth-order valence-electron chi connectivity index (χ4n) is 2.28. The Bertz CT molecular complexity index is 439. The van der Waals surface area contributed by atoms with Crippen molar-refractivity contribution in [2.24, 2.45) is 0 Å². The van der Waals surface area contributed by atoms with E-state index in [-0.39, 0.29) is 11.7 Å². The number of pyridine rings is 1. The molecule has 2 heterocycles. The van der Waals surface area contributed by atoms with E-state index in [4.69, 9.17) is 16.3 Å². The Labute approximate surface area is 122 Å². The van der Waals surface area contributed by atoms with Gasteiger partial charge in [-0.3, -0.25) is 0 Å². The molecule has 1 aliphatic rings. The van der Waals surface area contributed by atoms with Gasteiger partial charge in [-0.1, -0.05) is 0 Å². The van der Waals surface area contributed by atoms with Crippen LogP contribution in [0.15, 0.2) is 16.7 Å². The predicted molar refractivity (Wildman–Crippen MR) is 78.6 cm³/mol. The van der Waals surface area contributed by atoms with Crippen molar-refractivity contribution >= 4 is 33.3 Å². The Kier molecular flexibility index (Phi) is 4.19. The molecule has 1 aromatic rings. The number of aromatic nitrogens is 1. The van der Waals surface area contributed by atoms with Crippen molar-refractivity contribution in [3.63, 3.8) is 0 Å². The minimum atomic E-state index is -0.206. The van der Waals surface area contributed by atoms with Gasteiger partial charge in [0.2, 0.25) is 0 Å². The molecule has 3 nitrogen and oxygen atoms in total. The highest BCUT2D eigenvalue weighted by Gasteiger charge is 2.34. The maximum atomic E-state index is 5.95. The zero-order valence-corrected chi connectivity index (χ0v) is 13.3. The summed E-state index contributed by atoms with van der Waals surface area (Å²) in [4.78, 5) is 6.72. The van der Waals surface area contributed by atoms with Crippen LogP contribution in [0.25, 0.3) is 0 Å². The van der Waals surface area contributed by atoms with E-state index in [0.29, 0.717) is 5.88 Å². The molecule has 0 amide bonds. The molecule has 0 aromatic carbocycles. The minimum absolute atomic E-state index is 0.0460. The number of anilines is 1. The largest absolute Gasteiger partial charge is 0.367 e. The van der Waals surface area contributed by atoms with E-state index in [2.05, 4.69) is 46.6 Å². The Hall–Kier alpha value is -0.320. The number of hydrogen-bond donors (Lipinski definition) is 0. The molecule has 1 saturated heterocycles. The molecule has 0 aliphatic carbocycles. The second-order valence-electron chi connectivity index (χ2n) is 5.30. The highest BCUT2D eigenvalue weighted by Crippen LogP contribution is 2.31. The van der Waals surface area contributed by atoms with Crippen molar-refractivity contribution < 1.29 is 4.74 Å². The second-order valence-corrected chi connectivity index (χ2v) is 6.40. The smallest absolute Gasteiger partial charge is 0.143 e. The summed E-state index contributed by atoms with van der Waals surface area (Å²) in [6.45, 7) is 7.84. The van der Waals surface area contributed by atoms with Gasteiger partial charge in [0.25, 0.3) is 0 Å². The summed E-state index contributed by atoms with van der Waals surface area (Å²) in [5, 5.41) is 0. The molecule has 1 fully saturated rings. The van der Waals surface area contributed by atoms with Gasteiger partial charge in [-0.15, -0.1) is 11.6 Å². The summed E-state index contributed by atoms with van der Waals surface area (Å²) in [7, 11) is 0. The molecule has 18 heavy (non-hydrogen) atoms. The van der Waals surface area contributed by atoms with Crippen molar-refractivity contribution in [2.45, 2.75) is 32.5 Å². The molecule has 0 saturated carbocycles. The molecule has 2 rings (SSSR count). The van der Waals surface area contributed by atoms with Gasteiger partial charge in [-0.25, -0.2) is 4.98 Å². The number of aryl methyl sites for hydroxylation is 1. The highest BCUT2D eigenvalue weighted by molar-refractivity contribution is 9.10. The number of alkyl halides is 1. The molecule has 1 unspecified atom stereocenters. The Morgan fingerprint density at radius 3 is 3.00 bits per heavy atom. The van der Waals surface area contributed by atoms with Crippen LogP contribution in [0.5, 0.6) is 0 Å². The Balaban J connectivity index is 2.29. The molecule has 100 valence electrons. The molecule has 0 N–H and O–H groups in total. The quantitative estimate of drug-likeness (QED) is 0.776. The SMILES string of the molecule is Cc1ccnc(N2CC(CCl)OC(C)(C)C2)c1Br. The van der Waals surface area contributed by atoms with Gasteiger partial charge in [-0.05, 0) is 48.3 Å². The van der Waals surface area contributed by atoms with Crippen LogP contribution in [0.3, 0.4) is 0 Å². The van der Waals surface area contributed by atoms with E-state index >= 15 is 0 Å². The lowest BCUT2D eigenvalue weighted by Crippen LogP contribution is -2.53. The molecular formula is C13H18BrClN2O. The van der Waals surface area contributed by atoms with Crippen LogP contribution in [0, 0.1) is 6.92 Å². The third-order valence-corrected chi connectivity index (χ3v) is 4.34. The zero-order valence-electron chi connectivity index (χ0n) is 10.9. The van der Waals surface area contributed by atoms with Gasteiger partial charge in [0.05, 0.1) is 22.1 Å². The fourth-order valence-corrected chi connectivity index (χ4v) is 2.93. The third-order valence-electron chi connectivity index (χ3n) is 3.02. The highest BCUT2D eigenvalue weighted by atomic mass is 79.9. The van der Waals surface area contributed by atoms with Crippen molar-refractivity contribution in [2.75, 3.05) is 23.9 Å². The number of ether oxygens (including phenoxy) is 1. The van der Waals surface area contributed by atoms with Crippen LogP contribution in [-0.4, -0.2) is 35.7 Å². The molecule has 0 radical (unpaired) electrons. The maximum Gasteiger partial charge on any atom is 0.143 e. The zero-order chi connectivity index (χ0) is 13.3. The van der Waals surface area contributed by atoms with Crippen molar-refractivity contribution in [3.8, 4) is 0 Å². The topological polar surface area (TPSA) is 25.4 Å². The number of rotatable bonds is 2. The van der Waals surface area contributed by atoms with Crippen LogP contribution in [-0.2, 0) is 4.74 Å². The molecule has 1 aromatic heterocycles. The average molecular weight is 334 g/mol. The number of nitrogens with zero attached hydrogens (tertiary/aromatic N) is 2. The molecule has 0 spiro atoms. The number of hydrogen-bond acceptors (Lipinski definition) is 3. The van der Waals surface area contributed by atoms with E-state index in [1.807, 2.05) is 12.3 Å². The Morgan fingerprint density at radius 2 is 2.33 bits per heavy atom. The van der Waals surface area contributed by atoms with Crippen molar-refractivity contribution in [1.29, 1.82) is 0 Å². The summed E-state index contributed by atoms with van der Waals surface area (Å²) in [6, 6.07) is 2.00.